The Kier molecular flexibility index (Phi) is 416. The minimum atomic E-state index is 0. The van der Waals surface area contributed by atoms with Gasteiger partial charge < -0.3 is 16.4 Å². The number of hydrogen-bond acceptors (Lipinski definition) is 0. The average molecular weight is 377 g/mol. The Balaban J connectivity index is 0. The maximum absolute atomic E-state index is 0. The van der Waals surface area contributed by atoms with E-state index in [0.717, 1.165) is 0 Å². The standard InChI is InChI=1S/Ba.3H2O.W.2H/h;3*1H2;;;. The molecule has 0 atom stereocenters. The van der Waals surface area contributed by atoms with Crippen LogP contribution in [0.1, 0.15) is 0 Å². The fourth-order valence-electron chi connectivity index (χ4n) is 0. The summed E-state index contributed by atoms with van der Waals surface area (Å²) in [4.78, 5) is 0. The molecule has 5 heteroatoms. The summed E-state index contributed by atoms with van der Waals surface area (Å²) in [6.45, 7) is 0. The maximum Gasteiger partial charge on any atom is 0 e. The Morgan fingerprint density at radius 1 is 0.600 bits per heavy atom. The third-order valence-corrected chi connectivity index (χ3v) is 0. The Hall–Kier alpha value is 2.14. The van der Waals surface area contributed by atoms with E-state index >= 15 is 0 Å². The molecule has 0 radical (unpaired) electrons. The monoisotopic (exact) mass is 378 g/mol. The second kappa shape index (κ2) is 35.4. The van der Waals surface area contributed by atoms with Crippen molar-refractivity contribution in [3.63, 3.8) is 0 Å². The van der Waals surface area contributed by atoms with E-state index in [9.17, 15) is 0 Å². The molecule has 0 bridgehead atoms. The average Bonchev–Trinajstić information content (AvgIpc) is 0. The third-order valence-electron chi connectivity index (χ3n) is 0. The van der Waals surface area contributed by atoms with Crippen molar-refractivity contribution >= 4 is 48.9 Å². The molecule has 0 fully saturated rings. The predicted octanol–water partition coefficient (Wildman–Crippen LogP) is -3.39. The first kappa shape index (κ1) is 58.8. The second-order valence-electron chi connectivity index (χ2n) is 0. The summed E-state index contributed by atoms with van der Waals surface area (Å²) >= 11 is 0. The molecule has 0 spiro atoms. The normalized spacial score (nSPS) is 0. The van der Waals surface area contributed by atoms with E-state index in [1.165, 1.54) is 0 Å². The second-order valence-corrected chi connectivity index (χ2v) is 0. The van der Waals surface area contributed by atoms with Crippen molar-refractivity contribution in [3.05, 3.63) is 0 Å². The van der Waals surface area contributed by atoms with Gasteiger partial charge in [0, 0.05) is 21.1 Å². The molecule has 0 saturated carbocycles. The first-order chi connectivity index (χ1) is 0. The smallest absolute Gasteiger partial charge is 0 e. The van der Waals surface area contributed by atoms with Gasteiger partial charge in [-0.15, -0.1) is 0 Å². The summed E-state index contributed by atoms with van der Waals surface area (Å²) in [6, 6.07) is 0. The fraction of sp³-hybridized carbons (Fsp3) is 0. The molecule has 0 amide bonds. The van der Waals surface area contributed by atoms with Crippen LogP contribution in [0.15, 0.2) is 0 Å². The van der Waals surface area contributed by atoms with Gasteiger partial charge in [0.1, 0.15) is 0 Å². The number of hydrogen-bond donors (Lipinski definition) is 0. The van der Waals surface area contributed by atoms with Gasteiger partial charge in [-0.3, -0.25) is 0 Å². The van der Waals surface area contributed by atoms with Crippen molar-refractivity contribution in [1.29, 1.82) is 0 Å². The van der Waals surface area contributed by atoms with E-state index in [1.807, 2.05) is 0 Å². The van der Waals surface area contributed by atoms with Crippen molar-refractivity contribution in [1.82, 2.24) is 0 Å². The molecule has 0 aliphatic heterocycles. The number of rotatable bonds is 0. The quantitative estimate of drug-likeness (QED) is 0.394. The molecular weight excluding hydrogens is 369 g/mol. The predicted molar refractivity (Wildman–Crippen MR) is 19.4 cm³/mol. The largest absolute Gasteiger partial charge is 0 e. The molecule has 5 heavy (non-hydrogen) atoms. The summed E-state index contributed by atoms with van der Waals surface area (Å²) in [5.41, 5.74) is 0. The van der Waals surface area contributed by atoms with Crippen molar-refractivity contribution in [3.8, 4) is 0 Å². The molecule has 0 aromatic heterocycles. The molecule has 0 aliphatic carbocycles. The van der Waals surface area contributed by atoms with Crippen molar-refractivity contribution in [2.45, 2.75) is 0 Å². The topological polar surface area (TPSA) is 94.5 Å². The molecule has 3 nitrogen and oxygen atoms in total. The van der Waals surface area contributed by atoms with Gasteiger partial charge in [-0.05, 0) is 0 Å². The van der Waals surface area contributed by atoms with Crippen molar-refractivity contribution in [2.24, 2.45) is 0 Å². The van der Waals surface area contributed by atoms with Gasteiger partial charge in [-0.2, -0.15) is 0 Å². The molecule has 0 saturated heterocycles. The van der Waals surface area contributed by atoms with Gasteiger partial charge >= 0.3 is 48.9 Å². The van der Waals surface area contributed by atoms with Crippen LogP contribution >= 0.6 is 0 Å². The van der Waals surface area contributed by atoms with Crippen LogP contribution in [-0.2, 0) is 21.1 Å². The van der Waals surface area contributed by atoms with Gasteiger partial charge in [0.15, 0.2) is 0 Å². The molecule has 0 heterocycles. The SMILES string of the molecule is O.O.O.[BaH2].[W]. The Labute approximate surface area is 84.8 Å². The van der Waals surface area contributed by atoms with Crippen LogP contribution < -0.4 is 0 Å². The zero-order chi connectivity index (χ0) is 0. The summed E-state index contributed by atoms with van der Waals surface area (Å²) in [7, 11) is 0. The van der Waals surface area contributed by atoms with Gasteiger partial charge in [0.05, 0.1) is 0 Å². The molecular formula is H8BaO3W. The van der Waals surface area contributed by atoms with Crippen LogP contribution in [0.2, 0.25) is 0 Å². The van der Waals surface area contributed by atoms with Gasteiger partial charge in [-0.1, -0.05) is 0 Å². The van der Waals surface area contributed by atoms with E-state index in [0.29, 0.717) is 0 Å². The minimum Gasteiger partial charge on any atom is 0 e. The molecule has 6 N–H and O–H groups in total. The van der Waals surface area contributed by atoms with Crippen molar-refractivity contribution < 1.29 is 37.5 Å². The minimum absolute atomic E-state index is 0. The van der Waals surface area contributed by atoms with E-state index in [1.54, 1.807) is 0 Å². The summed E-state index contributed by atoms with van der Waals surface area (Å²) in [5, 5.41) is 0. The Morgan fingerprint density at radius 2 is 0.600 bits per heavy atom. The van der Waals surface area contributed by atoms with Crippen LogP contribution in [-0.4, -0.2) is 65.3 Å². The Morgan fingerprint density at radius 3 is 0.600 bits per heavy atom. The summed E-state index contributed by atoms with van der Waals surface area (Å²) < 4.78 is 0. The van der Waals surface area contributed by atoms with E-state index < -0.39 is 0 Å². The molecule has 0 rings (SSSR count). The summed E-state index contributed by atoms with van der Waals surface area (Å²) in [5.74, 6) is 0. The first-order valence-electron chi connectivity index (χ1n) is 0. The van der Waals surface area contributed by atoms with Gasteiger partial charge in [0.25, 0.3) is 0 Å². The fourth-order valence-corrected chi connectivity index (χ4v) is 0. The van der Waals surface area contributed by atoms with Crippen LogP contribution in [0.3, 0.4) is 0 Å². The van der Waals surface area contributed by atoms with E-state index in [-0.39, 0.29) is 86.4 Å². The first-order valence-corrected chi connectivity index (χ1v) is 0. The maximum atomic E-state index is 0. The molecule has 0 aromatic carbocycles. The molecule has 0 aromatic rings. The van der Waals surface area contributed by atoms with Crippen LogP contribution in [0.4, 0.5) is 0 Å². The van der Waals surface area contributed by atoms with Crippen LogP contribution in [0, 0.1) is 0 Å². The summed E-state index contributed by atoms with van der Waals surface area (Å²) in [6.07, 6.45) is 0. The zero-order valence-corrected chi connectivity index (χ0v) is 4.84. The molecule has 0 aliphatic rings. The van der Waals surface area contributed by atoms with E-state index in [4.69, 9.17) is 0 Å². The van der Waals surface area contributed by atoms with Crippen LogP contribution in [0.5, 0.6) is 0 Å². The molecule has 34 valence electrons. The Bertz CT molecular complexity index is 6.85. The van der Waals surface area contributed by atoms with Gasteiger partial charge in [0.2, 0.25) is 0 Å². The van der Waals surface area contributed by atoms with Gasteiger partial charge in [-0.25, -0.2) is 0 Å². The van der Waals surface area contributed by atoms with Crippen molar-refractivity contribution in [2.75, 3.05) is 0 Å². The third kappa shape index (κ3) is 23.0. The van der Waals surface area contributed by atoms with Crippen LogP contribution in [0.25, 0.3) is 0 Å². The van der Waals surface area contributed by atoms with E-state index in [2.05, 4.69) is 0 Å². The molecule has 0 unspecified atom stereocenters. The zero-order valence-electron chi connectivity index (χ0n) is 1.91.